The van der Waals surface area contributed by atoms with Crippen LogP contribution in [-0.2, 0) is 11.2 Å². The van der Waals surface area contributed by atoms with Gasteiger partial charge in [-0.3, -0.25) is 0 Å². The molecule has 0 unspecified atom stereocenters. The molecule has 0 aromatic heterocycles. The number of hydrogen-bond donors (Lipinski definition) is 2. The predicted molar refractivity (Wildman–Crippen MR) is 63.6 cm³/mol. The van der Waals surface area contributed by atoms with Crippen molar-refractivity contribution in [3.63, 3.8) is 0 Å². The number of nitrogens with one attached hydrogen (secondary N) is 1. The first-order valence-corrected chi connectivity index (χ1v) is 5.26. The summed E-state index contributed by atoms with van der Waals surface area (Å²) < 4.78 is 9.69. The van der Waals surface area contributed by atoms with E-state index in [0.717, 1.165) is 0 Å². The number of likely N-dealkylation sites (N-methyl/N-ethyl adjacent to an activating group) is 1. The minimum absolute atomic E-state index is 0.116. The van der Waals surface area contributed by atoms with E-state index >= 15 is 0 Å². The van der Waals surface area contributed by atoms with Crippen LogP contribution in [-0.4, -0.2) is 38.9 Å². The molecule has 0 atom stereocenters. The molecule has 0 spiro atoms. The number of aromatic hydroxyl groups is 1. The van der Waals surface area contributed by atoms with Gasteiger partial charge in [0.15, 0.2) is 0 Å². The van der Waals surface area contributed by atoms with Gasteiger partial charge in [0.2, 0.25) is 0 Å². The van der Waals surface area contributed by atoms with Gasteiger partial charge in [-0.05, 0) is 31.6 Å². The Hall–Kier alpha value is -1.75. The first kappa shape index (κ1) is 13.3. The van der Waals surface area contributed by atoms with Gasteiger partial charge in [-0.2, -0.15) is 0 Å². The lowest BCUT2D eigenvalue weighted by Gasteiger charge is -2.11. The van der Waals surface area contributed by atoms with E-state index in [9.17, 15) is 9.90 Å². The van der Waals surface area contributed by atoms with Crippen molar-refractivity contribution in [3.8, 4) is 11.5 Å². The van der Waals surface area contributed by atoms with Gasteiger partial charge >= 0.3 is 5.97 Å². The molecule has 1 aromatic rings. The number of phenols is 1. The molecule has 1 rings (SSSR count). The molecule has 0 heterocycles. The fourth-order valence-electron chi connectivity index (χ4n) is 1.51. The van der Waals surface area contributed by atoms with Gasteiger partial charge < -0.3 is 19.9 Å². The number of carbonyl (C=O) groups is 1. The average molecular weight is 239 g/mol. The zero-order chi connectivity index (χ0) is 12.8. The maximum Gasteiger partial charge on any atom is 0.341 e. The summed E-state index contributed by atoms with van der Waals surface area (Å²) in [6.07, 6.45) is 0.621. The third-order valence-electron chi connectivity index (χ3n) is 2.45. The summed E-state index contributed by atoms with van der Waals surface area (Å²) in [5.41, 5.74) is 0.999. The lowest BCUT2D eigenvalue weighted by Crippen LogP contribution is -2.11. The second kappa shape index (κ2) is 6.10. The highest BCUT2D eigenvalue weighted by Crippen LogP contribution is 2.29. The summed E-state index contributed by atoms with van der Waals surface area (Å²) in [6, 6.07) is 3.02. The molecule has 0 bridgehead atoms. The molecule has 17 heavy (non-hydrogen) atoms. The van der Waals surface area contributed by atoms with Crippen LogP contribution in [0.4, 0.5) is 0 Å². The van der Waals surface area contributed by atoms with Gasteiger partial charge in [-0.1, -0.05) is 0 Å². The Bertz CT molecular complexity index is 404. The number of methoxy groups -OCH3 is 2. The van der Waals surface area contributed by atoms with E-state index in [-0.39, 0.29) is 5.75 Å². The lowest BCUT2D eigenvalue weighted by atomic mass is 10.1. The molecule has 0 amide bonds. The maximum absolute atomic E-state index is 11.5. The second-order valence-corrected chi connectivity index (χ2v) is 3.53. The van der Waals surface area contributed by atoms with E-state index in [1.165, 1.54) is 20.3 Å². The SMILES string of the molecule is CNCCc1cc(C(=O)OC)c(OC)cc1O. The molecule has 0 aliphatic rings. The fourth-order valence-corrected chi connectivity index (χ4v) is 1.51. The van der Waals surface area contributed by atoms with Crippen molar-refractivity contribution in [3.05, 3.63) is 23.3 Å². The van der Waals surface area contributed by atoms with Crippen molar-refractivity contribution in [2.75, 3.05) is 27.8 Å². The van der Waals surface area contributed by atoms with Crippen molar-refractivity contribution in [2.45, 2.75) is 6.42 Å². The number of esters is 1. The van der Waals surface area contributed by atoms with Gasteiger partial charge in [0.05, 0.1) is 14.2 Å². The third kappa shape index (κ3) is 3.10. The van der Waals surface area contributed by atoms with E-state index in [2.05, 4.69) is 10.1 Å². The van der Waals surface area contributed by atoms with E-state index in [1.807, 2.05) is 7.05 Å². The van der Waals surface area contributed by atoms with E-state index < -0.39 is 5.97 Å². The highest BCUT2D eigenvalue weighted by Gasteiger charge is 2.16. The quantitative estimate of drug-likeness (QED) is 0.749. The Balaban J connectivity index is 3.13. The molecule has 0 aliphatic carbocycles. The van der Waals surface area contributed by atoms with Gasteiger partial charge in [-0.15, -0.1) is 0 Å². The summed E-state index contributed by atoms with van der Waals surface area (Å²) in [4.78, 5) is 11.5. The normalized spacial score (nSPS) is 10.1. The summed E-state index contributed by atoms with van der Waals surface area (Å²) >= 11 is 0. The molecule has 0 fully saturated rings. The van der Waals surface area contributed by atoms with Crippen LogP contribution in [0.3, 0.4) is 0 Å². The predicted octanol–water partition coefficient (Wildman–Crippen LogP) is 0.949. The van der Waals surface area contributed by atoms with Crippen LogP contribution >= 0.6 is 0 Å². The summed E-state index contributed by atoms with van der Waals surface area (Å²) in [6.45, 7) is 0.709. The topological polar surface area (TPSA) is 67.8 Å². The van der Waals surface area contributed by atoms with Crippen LogP contribution < -0.4 is 10.1 Å². The molecule has 94 valence electrons. The smallest absolute Gasteiger partial charge is 0.341 e. The summed E-state index contributed by atoms with van der Waals surface area (Å²) in [5.74, 6) is -0.0557. The Morgan fingerprint density at radius 2 is 2.12 bits per heavy atom. The number of rotatable bonds is 5. The Labute approximate surface area is 100 Å². The van der Waals surface area contributed by atoms with Crippen molar-refractivity contribution in [2.24, 2.45) is 0 Å². The van der Waals surface area contributed by atoms with Crippen LogP contribution in [0.25, 0.3) is 0 Å². The van der Waals surface area contributed by atoms with Crippen LogP contribution in [0.2, 0.25) is 0 Å². The largest absolute Gasteiger partial charge is 0.508 e. The van der Waals surface area contributed by atoms with Crippen LogP contribution in [0.1, 0.15) is 15.9 Å². The minimum Gasteiger partial charge on any atom is -0.508 e. The zero-order valence-electron chi connectivity index (χ0n) is 10.2. The number of hydrogen-bond acceptors (Lipinski definition) is 5. The van der Waals surface area contributed by atoms with E-state index in [0.29, 0.717) is 29.8 Å². The first-order chi connectivity index (χ1) is 8.13. The van der Waals surface area contributed by atoms with Crippen molar-refractivity contribution < 1.29 is 19.4 Å². The Morgan fingerprint density at radius 3 is 2.65 bits per heavy atom. The number of phenolic OH excluding ortho intramolecular Hbond substituents is 1. The summed E-state index contributed by atoms with van der Waals surface area (Å²) in [7, 11) is 4.57. The van der Waals surface area contributed by atoms with Gasteiger partial charge in [-0.25, -0.2) is 4.79 Å². The second-order valence-electron chi connectivity index (χ2n) is 3.53. The number of carbonyl (C=O) groups excluding carboxylic acids is 1. The molecule has 1 aromatic carbocycles. The van der Waals surface area contributed by atoms with E-state index in [4.69, 9.17) is 4.74 Å². The molecule has 0 saturated carbocycles. The first-order valence-electron chi connectivity index (χ1n) is 5.26. The maximum atomic E-state index is 11.5. The highest BCUT2D eigenvalue weighted by atomic mass is 16.5. The third-order valence-corrected chi connectivity index (χ3v) is 2.45. The molecular weight excluding hydrogens is 222 g/mol. The van der Waals surface area contributed by atoms with Gasteiger partial charge in [0.25, 0.3) is 0 Å². The zero-order valence-corrected chi connectivity index (χ0v) is 10.2. The molecule has 5 nitrogen and oxygen atoms in total. The Morgan fingerprint density at radius 1 is 1.41 bits per heavy atom. The lowest BCUT2D eigenvalue weighted by molar-refractivity contribution is 0.0597. The molecular formula is C12H17NO4. The Kier molecular flexibility index (Phi) is 4.78. The molecule has 5 heteroatoms. The van der Waals surface area contributed by atoms with Gasteiger partial charge in [0.1, 0.15) is 17.1 Å². The van der Waals surface area contributed by atoms with Crippen LogP contribution in [0, 0.1) is 0 Å². The van der Waals surface area contributed by atoms with Crippen molar-refractivity contribution in [1.29, 1.82) is 0 Å². The molecule has 0 saturated heterocycles. The fraction of sp³-hybridized carbons (Fsp3) is 0.417. The minimum atomic E-state index is -0.479. The monoisotopic (exact) mass is 239 g/mol. The molecule has 2 N–H and O–H groups in total. The standard InChI is InChI=1S/C12H17NO4/c1-13-5-4-8-6-9(12(15)17-3)11(16-2)7-10(8)14/h6-7,13-14H,4-5H2,1-3H3. The van der Waals surface area contributed by atoms with Crippen molar-refractivity contribution >= 4 is 5.97 Å². The highest BCUT2D eigenvalue weighted by molar-refractivity contribution is 5.93. The van der Waals surface area contributed by atoms with Crippen LogP contribution in [0.5, 0.6) is 11.5 Å². The number of ether oxygens (including phenoxy) is 2. The average Bonchev–Trinajstić information content (AvgIpc) is 2.35. The number of benzene rings is 1. The molecule has 0 aliphatic heterocycles. The van der Waals surface area contributed by atoms with Crippen molar-refractivity contribution in [1.82, 2.24) is 5.32 Å². The summed E-state index contributed by atoms with van der Waals surface area (Å²) in [5, 5.41) is 12.7. The molecule has 0 radical (unpaired) electrons. The van der Waals surface area contributed by atoms with Crippen LogP contribution in [0.15, 0.2) is 12.1 Å². The van der Waals surface area contributed by atoms with Gasteiger partial charge in [0, 0.05) is 6.07 Å². The van der Waals surface area contributed by atoms with E-state index in [1.54, 1.807) is 6.07 Å².